The zero-order chi connectivity index (χ0) is 21.6. The zero-order valence-corrected chi connectivity index (χ0v) is 21.6. The summed E-state index contributed by atoms with van der Waals surface area (Å²) in [6.07, 6.45) is 38.2. The van der Waals surface area contributed by atoms with Crippen molar-refractivity contribution in [2.75, 3.05) is 0 Å². The van der Waals surface area contributed by atoms with E-state index in [0.29, 0.717) is 0 Å². The molecule has 0 heterocycles. The molecule has 4 fully saturated rings. The second-order valence-electron chi connectivity index (χ2n) is 12.1. The predicted molar refractivity (Wildman–Crippen MR) is 139 cm³/mol. The molecule has 4 aliphatic carbocycles. The van der Waals surface area contributed by atoms with Crippen LogP contribution in [-0.4, -0.2) is 0 Å². The normalized spacial score (nSPS) is 31.8. The molecule has 0 aromatic heterocycles. The molecule has 4 aliphatic rings. The van der Waals surface area contributed by atoms with Crippen molar-refractivity contribution in [2.24, 2.45) is 29.6 Å². The maximum absolute atomic E-state index is 2.36. The van der Waals surface area contributed by atoms with Gasteiger partial charge in [-0.15, -0.1) is 0 Å². The van der Waals surface area contributed by atoms with E-state index in [-0.39, 0.29) is 0 Å². The Morgan fingerprint density at radius 2 is 0.903 bits per heavy atom. The summed E-state index contributed by atoms with van der Waals surface area (Å²) in [5.41, 5.74) is 0. The van der Waals surface area contributed by atoms with E-state index in [1.807, 2.05) is 0 Å². The number of hydrogen-bond donors (Lipinski definition) is 0. The molecule has 0 spiro atoms. The van der Waals surface area contributed by atoms with Crippen LogP contribution in [0.3, 0.4) is 0 Å². The van der Waals surface area contributed by atoms with Gasteiger partial charge in [-0.1, -0.05) is 155 Å². The Morgan fingerprint density at radius 3 is 1.39 bits per heavy atom. The lowest BCUT2D eigenvalue weighted by molar-refractivity contribution is 0.101. The largest absolute Gasteiger partial charge is 0.0654 e. The third-order valence-corrected chi connectivity index (χ3v) is 9.79. The first-order valence-corrected chi connectivity index (χ1v) is 15.4. The molecule has 0 amide bonds. The molecule has 0 saturated heterocycles. The fourth-order valence-electron chi connectivity index (χ4n) is 8.09. The van der Waals surface area contributed by atoms with Crippen LogP contribution in [0.15, 0.2) is 0 Å². The first-order valence-electron chi connectivity index (χ1n) is 15.4. The maximum atomic E-state index is 2.36. The summed E-state index contributed by atoms with van der Waals surface area (Å²) in [6.45, 7) is 2.36. The quantitative estimate of drug-likeness (QED) is 0.367. The van der Waals surface area contributed by atoms with Gasteiger partial charge in [-0.25, -0.2) is 0 Å². The fourth-order valence-corrected chi connectivity index (χ4v) is 8.09. The van der Waals surface area contributed by atoms with Crippen LogP contribution >= 0.6 is 0 Å². The van der Waals surface area contributed by atoms with Crippen molar-refractivity contribution in [1.82, 2.24) is 0 Å². The van der Waals surface area contributed by atoms with E-state index in [1.165, 1.54) is 89.9 Å². The topological polar surface area (TPSA) is 0 Å². The summed E-state index contributed by atoms with van der Waals surface area (Å²) < 4.78 is 0. The van der Waals surface area contributed by atoms with Crippen LogP contribution in [0.25, 0.3) is 0 Å². The van der Waals surface area contributed by atoms with Crippen molar-refractivity contribution >= 4 is 0 Å². The van der Waals surface area contributed by atoms with E-state index in [0.717, 1.165) is 29.6 Å². The Balaban J connectivity index is 0.000000254. The standard InChI is InChI=1S/C22H40.C9H18/c1-2-3-6-13-20-16-17-21(18-11-7-4-8-12-18)22(20)19-14-9-5-10-15-19;1-2-4-6-8-9-7-5-3-1/h18-22H,2-17H2,1H3;1-9H2. The number of hydrogen-bond acceptors (Lipinski definition) is 0. The minimum Gasteiger partial charge on any atom is -0.0654 e. The molecule has 0 aromatic rings. The first-order chi connectivity index (χ1) is 15.4. The highest BCUT2D eigenvalue weighted by Crippen LogP contribution is 2.53. The summed E-state index contributed by atoms with van der Waals surface area (Å²) in [4.78, 5) is 0. The molecule has 0 aliphatic heterocycles. The zero-order valence-electron chi connectivity index (χ0n) is 21.6. The molecule has 0 N–H and O–H groups in total. The molecular formula is C31H58. The van der Waals surface area contributed by atoms with Crippen molar-refractivity contribution in [3.05, 3.63) is 0 Å². The molecule has 0 bridgehead atoms. The smallest absolute Gasteiger partial charge is 0.0326 e. The summed E-state index contributed by atoms with van der Waals surface area (Å²) in [5.74, 6) is 5.63. The summed E-state index contributed by atoms with van der Waals surface area (Å²) in [5, 5.41) is 0. The van der Waals surface area contributed by atoms with Gasteiger partial charge in [-0.05, 0) is 42.4 Å². The van der Waals surface area contributed by atoms with Crippen LogP contribution in [0.5, 0.6) is 0 Å². The summed E-state index contributed by atoms with van der Waals surface area (Å²) in [7, 11) is 0. The fraction of sp³-hybridized carbons (Fsp3) is 1.00. The van der Waals surface area contributed by atoms with Crippen LogP contribution in [-0.2, 0) is 0 Å². The minimum absolute atomic E-state index is 1.11. The second-order valence-corrected chi connectivity index (χ2v) is 12.1. The van der Waals surface area contributed by atoms with Crippen LogP contribution in [0, 0.1) is 29.6 Å². The lowest BCUT2D eigenvalue weighted by Crippen LogP contribution is -2.31. The minimum atomic E-state index is 1.11. The Bertz CT molecular complexity index is 385. The maximum Gasteiger partial charge on any atom is -0.0326 e. The molecule has 4 saturated carbocycles. The van der Waals surface area contributed by atoms with Gasteiger partial charge in [0.2, 0.25) is 0 Å². The van der Waals surface area contributed by atoms with Crippen molar-refractivity contribution in [2.45, 2.75) is 167 Å². The third kappa shape index (κ3) is 9.04. The van der Waals surface area contributed by atoms with Crippen LogP contribution in [0.4, 0.5) is 0 Å². The first kappa shape index (κ1) is 25.6. The van der Waals surface area contributed by atoms with Crippen LogP contribution in [0.1, 0.15) is 167 Å². The molecule has 0 radical (unpaired) electrons. The van der Waals surface area contributed by atoms with Gasteiger partial charge >= 0.3 is 0 Å². The molecule has 182 valence electrons. The number of rotatable bonds is 6. The third-order valence-electron chi connectivity index (χ3n) is 9.79. The molecular weight excluding hydrogens is 372 g/mol. The Morgan fingerprint density at radius 1 is 0.452 bits per heavy atom. The average Bonchev–Trinajstić information content (AvgIpc) is 3.31. The Labute approximate surface area is 197 Å². The van der Waals surface area contributed by atoms with E-state index in [1.54, 1.807) is 70.6 Å². The van der Waals surface area contributed by atoms with Crippen molar-refractivity contribution < 1.29 is 0 Å². The SMILES string of the molecule is C1CCCCCCCC1.CCCCCC1CCC(C2CCCCC2)C1C1CCCCC1. The lowest BCUT2D eigenvalue weighted by atomic mass is 9.66. The van der Waals surface area contributed by atoms with E-state index in [9.17, 15) is 0 Å². The molecule has 0 nitrogen and oxygen atoms in total. The highest BCUT2D eigenvalue weighted by atomic mass is 14.5. The molecule has 31 heavy (non-hydrogen) atoms. The van der Waals surface area contributed by atoms with Gasteiger partial charge in [0, 0.05) is 0 Å². The highest BCUT2D eigenvalue weighted by molar-refractivity contribution is 4.93. The van der Waals surface area contributed by atoms with E-state index in [2.05, 4.69) is 6.92 Å². The predicted octanol–water partition coefficient (Wildman–Crippen LogP) is 10.9. The Hall–Kier alpha value is 0. The average molecular weight is 431 g/mol. The van der Waals surface area contributed by atoms with Gasteiger partial charge in [0.15, 0.2) is 0 Å². The Kier molecular flexibility index (Phi) is 13.0. The van der Waals surface area contributed by atoms with Crippen LogP contribution < -0.4 is 0 Å². The van der Waals surface area contributed by atoms with Gasteiger partial charge in [0.25, 0.3) is 0 Å². The summed E-state index contributed by atoms with van der Waals surface area (Å²) in [6, 6.07) is 0. The molecule has 0 heteroatoms. The monoisotopic (exact) mass is 430 g/mol. The van der Waals surface area contributed by atoms with Crippen molar-refractivity contribution in [1.29, 1.82) is 0 Å². The highest BCUT2D eigenvalue weighted by Gasteiger charge is 2.43. The van der Waals surface area contributed by atoms with Gasteiger partial charge in [0.1, 0.15) is 0 Å². The van der Waals surface area contributed by atoms with E-state index >= 15 is 0 Å². The van der Waals surface area contributed by atoms with E-state index < -0.39 is 0 Å². The van der Waals surface area contributed by atoms with E-state index in [4.69, 9.17) is 0 Å². The lowest BCUT2D eigenvalue weighted by Gasteiger charge is -2.40. The van der Waals surface area contributed by atoms with Gasteiger partial charge in [-0.2, -0.15) is 0 Å². The molecule has 0 aromatic carbocycles. The van der Waals surface area contributed by atoms with Crippen molar-refractivity contribution in [3.8, 4) is 0 Å². The van der Waals surface area contributed by atoms with Crippen LogP contribution in [0.2, 0.25) is 0 Å². The van der Waals surface area contributed by atoms with Crippen molar-refractivity contribution in [3.63, 3.8) is 0 Å². The number of unbranched alkanes of at least 4 members (excludes halogenated alkanes) is 2. The molecule has 3 unspecified atom stereocenters. The van der Waals surface area contributed by atoms with Gasteiger partial charge in [0.05, 0.1) is 0 Å². The van der Waals surface area contributed by atoms with Gasteiger partial charge in [-0.3, -0.25) is 0 Å². The second kappa shape index (κ2) is 15.8. The van der Waals surface area contributed by atoms with Gasteiger partial charge < -0.3 is 0 Å². The molecule has 3 atom stereocenters. The molecule has 4 rings (SSSR count). The summed E-state index contributed by atoms with van der Waals surface area (Å²) >= 11 is 0.